The summed E-state index contributed by atoms with van der Waals surface area (Å²) in [4.78, 5) is 11.3. The number of ketones is 1. The third-order valence-electron chi connectivity index (χ3n) is 2.29. The standard InChI is InChI=1S/C10H18O/c1-10(2,3)7-8-5-4-6-9(8)11/h8H,4-7H2,1-3H3/t8-/m1/s1. The van der Waals surface area contributed by atoms with Gasteiger partial charge in [0.25, 0.3) is 0 Å². The lowest BCUT2D eigenvalue weighted by Crippen LogP contribution is -2.16. The third kappa shape index (κ3) is 2.64. The van der Waals surface area contributed by atoms with E-state index in [-0.39, 0.29) is 0 Å². The van der Waals surface area contributed by atoms with Crippen LogP contribution in [0.5, 0.6) is 0 Å². The molecule has 0 saturated heterocycles. The van der Waals surface area contributed by atoms with E-state index in [2.05, 4.69) is 20.8 Å². The van der Waals surface area contributed by atoms with Crippen LogP contribution in [0.1, 0.15) is 46.5 Å². The van der Waals surface area contributed by atoms with Crippen LogP contribution in [0.25, 0.3) is 0 Å². The number of carbonyl (C=O) groups is 1. The molecule has 0 aromatic rings. The molecule has 1 aliphatic rings. The predicted octanol–water partition coefficient (Wildman–Crippen LogP) is 2.79. The van der Waals surface area contributed by atoms with Crippen LogP contribution in [0.3, 0.4) is 0 Å². The van der Waals surface area contributed by atoms with Gasteiger partial charge in [0.2, 0.25) is 0 Å². The summed E-state index contributed by atoms with van der Waals surface area (Å²) in [5.41, 5.74) is 0.324. The average Bonchev–Trinajstić information content (AvgIpc) is 2.12. The lowest BCUT2D eigenvalue weighted by atomic mass is 9.84. The fraction of sp³-hybridized carbons (Fsp3) is 0.900. The molecular formula is C10H18O. The minimum absolute atomic E-state index is 0.324. The first-order valence-electron chi connectivity index (χ1n) is 4.52. The van der Waals surface area contributed by atoms with Gasteiger partial charge in [0, 0.05) is 12.3 Å². The molecule has 0 spiro atoms. The molecule has 1 atom stereocenters. The van der Waals surface area contributed by atoms with Crippen molar-refractivity contribution in [3.8, 4) is 0 Å². The van der Waals surface area contributed by atoms with Gasteiger partial charge in [0.1, 0.15) is 5.78 Å². The minimum atomic E-state index is 0.324. The van der Waals surface area contributed by atoms with Gasteiger partial charge in [0.05, 0.1) is 0 Å². The minimum Gasteiger partial charge on any atom is -0.299 e. The van der Waals surface area contributed by atoms with Gasteiger partial charge in [-0.1, -0.05) is 20.8 Å². The van der Waals surface area contributed by atoms with Gasteiger partial charge in [-0.15, -0.1) is 0 Å². The summed E-state index contributed by atoms with van der Waals surface area (Å²) >= 11 is 0. The van der Waals surface area contributed by atoms with E-state index in [4.69, 9.17) is 0 Å². The maximum Gasteiger partial charge on any atom is 0.135 e. The largest absolute Gasteiger partial charge is 0.299 e. The Balaban J connectivity index is 2.43. The summed E-state index contributed by atoms with van der Waals surface area (Å²) in [5, 5.41) is 0. The zero-order valence-electron chi connectivity index (χ0n) is 7.81. The van der Waals surface area contributed by atoms with Gasteiger partial charge in [-0.05, 0) is 24.7 Å². The number of rotatable bonds is 1. The van der Waals surface area contributed by atoms with Gasteiger partial charge in [0.15, 0.2) is 0 Å². The Morgan fingerprint density at radius 1 is 1.45 bits per heavy atom. The molecule has 1 fully saturated rings. The highest BCUT2D eigenvalue weighted by Gasteiger charge is 2.28. The van der Waals surface area contributed by atoms with E-state index in [1.165, 1.54) is 0 Å². The summed E-state index contributed by atoms with van der Waals surface area (Å²) in [6, 6.07) is 0. The molecule has 64 valence electrons. The molecule has 0 N–H and O–H groups in total. The molecule has 11 heavy (non-hydrogen) atoms. The predicted molar refractivity (Wildman–Crippen MR) is 46.4 cm³/mol. The summed E-state index contributed by atoms with van der Waals surface area (Å²) < 4.78 is 0. The van der Waals surface area contributed by atoms with E-state index in [1.54, 1.807) is 0 Å². The van der Waals surface area contributed by atoms with Crippen molar-refractivity contribution in [2.45, 2.75) is 46.5 Å². The lowest BCUT2D eigenvalue weighted by molar-refractivity contribution is -0.121. The first-order chi connectivity index (χ1) is 4.99. The maximum atomic E-state index is 11.3. The molecular weight excluding hydrogens is 136 g/mol. The van der Waals surface area contributed by atoms with Crippen LogP contribution in [-0.4, -0.2) is 5.78 Å². The molecule has 1 heteroatoms. The van der Waals surface area contributed by atoms with Crippen molar-refractivity contribution in [2.75, 3.05) is 0 Å². The molecule has 0 amide bonds. The monoisotopic (exact) mass is 154 g/mol. The Morgan fingerprint density at radius 2 is 2.09 bits per heavy atom. The van der Waals surface area contributed by atoms with Crippen LogP contribution in [-0.2, 0) is 4.79 Å². The molecule has 1 nitrogen and oxygen atoms in total. The molecule has 0 aliphatic heterocycles. The van der Waals surface area contributed by atoms with E-state index in [9.17, 15) is 4.79 Å². The summed E-state index contributed by atoms with van der Waals surface area (Å²) in [5.74, 6) is 0.884. The van der Waals surface area contributed by atoms with Crippen molar-refractivity contribution in [1.29, 1.82) is 0 Å². The van der Waals surface area contributed by atoms with Gasteiger partial charge >= 0.3 is 0 Å². The Morgan fingerprint density at radius 3 is 2.45 bits per heavy atom. The Bertz CT molecular complexity index is 153. The second-order valence-corrected chi connectivity index (χ2v) is 4.82. The second-order valence-electron chi connectivity index (χ2n) is 4.82. The molecule has 1 rings (SSSR count). The molecule has 0 aromatic carbocycles. The van der Waals surface area contributed by atoms with Crippen LogP contribution in [0.15, 0.2) is 0 Å². The van der Waals surface area contributed by atoms with Gasteiger partial charge in [-0.25, -0.2) is 0 Å². The maximum absolute atomic E-state index is 11.3. The van der Waals surface area contributed by atoms with Crippen LogP contribution < -0.4 is 0 Å². The Hall–Kier alpha value is -0.330. The zero-order valence-corrected chi connectivity index (χ0v) is 7.81. The Labute approximate surface area is 69.2 Å². The molecule has 1 saturated carbocycles. The fourth-order valence-corrected chi connectivity index (χ4v) is 1.84. The highest BCUT2D eigenvalue weighted by molar-refractivity contribution is 5.82. The molecule has 0 radical (unpaired) electrons. The average molecular weight is 154 g/mol. The first kappa shape index (κ1) is 8.76. The van der Waals surface area contributed by atoms with E-state index >= 15 is 0 Å². The van der Waals surface area contributed by atoms with Crippen molar-refractivity contribution >= 4 is 5.78 Å². The van der Waals surface area contributed by atoms with Gasteiger partial charge in [-0.3, -0.25) is 4.79 Å². The topological polar surface area (TPSA) is 17.1 Å². The van der Waals surface area contributed by atoms with E-state index in [1.807, 2.05) is 0 Å². The number of carbonyl (C=O) groups excluding carboxylic acids is 1. The number of hydrogen-bond acceptors (Lipinski definition) is 1. The Kier molecular flexibility index (Phi) is 2.36. The fourth-order valence-electron chi connectivity index (χ4n) is 1.84. The van der Waals surface area contributed by atoms with Crippen LogP contribution in [0, 0.1) is 11.3 Å². The van der Waals surface area contributed by atoms with Gasteiger partial charge in [-0.2, -0.15) is 0 Å². The van der Waals surface area contributed by atoms with Crippen molar-refractivity contribution < 1.29 is 4.79 Å². The van der Waals surface area contributed by atoms with E-state index in [0.29, 0.717) is 17.1 Å². The van der Waals surface area contributed by atoms with E-state index < -0.39 is 0 Å². The van der Waals surface area contributed by atoms with Gasteiger partial charge < -0.3 is 0 Å². The highest BCUT2D eigenvalue weighted by Crippen LogP contribution is 2.32. The molecule has 1 aliphatic carbocycles. The third-order valence-corrected chi connectivity index (χ3v) is 2.29. The summed E-state index contributed by atoms with van der Waals surface area (Å²) in [7, 11) is 0. The summed E-state index contributed by atoms with van der Waals surface area (Å²) in [6.45, 7) is 6.62. The van der Waals surface area contributed by atoms with Crippen molar-refractivity contribution in [2.24, 2.45) is 11.3 Å². The van der Waals surface area contributed by atoms with E-state index in [0.717, 1.165) is 25.7 Å². The molecule has 0 heterocycles. The zero-order chi connectivity index (χ0) is 8.48. The van der Waals surface area contributed by atoms with Crippen molar-refractivity contribution in [3.05, 3.63) is 0 Å². The van der Waals surface area contributed by atoms with Crippen molar-refractivity contribution in [3.63, 3.8) is 0 Å². The summed E-state index contributed by atoms with van der Waals surface area (Å²) in [6.07, 6.45) is 4.17. The lowest BCUT2D eigenvalue weighted by Gasteiger charge is -2.21. The van der Waals surface area contributed by atoms with Crippen LogP contribution >= 0.6 is 0 Å². The van der Waals surface area contributed by atoms with Crippen molar-refractivity contribution in [1.82, 2.24) is 0 Å². The number of hydrogen-bond donors (Lipinski definition) is 0. The highest BCUT2D eigenvalue weighted by atomic mass is 16.1. The normalized spacial score (nSPS) is 26.1. The first-order valence-corrected chi connectivity index (χ1v) is 4.52. The molecule has 0 bridgehead atoms. The molecule has 0 aromatic heterocycles. The smallest absolute Gasteiger partial charge is 0.135 e. The quantitative estimate of drug-likeness (QED) is 0.567. The SMILES string of the molecule is CC(C)(C)C[C@H]1CCCC1=O. The van der Waals surface area contributed by atoms with Crippen LogP contribution in [0.4, 0.5) is 0 Å². The molecule has 0 unspecified atom stereocenters. The number of Topliss-reactive ketones (excluding diaryl/α,β-unsaturated/α-hetero) is 1. The van der Waals surface area contributed by atoms with Crippen LogP contribution in [0.2, 0.25) is 0 Å². The second kappa shape index (κ2) is 2.96.